The molecule has 0 saturated heterocycles. The third-order valence-corrected chi connectivity index (χ3v) is 2.32. The van der Waals surface area contributed by atoms with Crippen molar-refractivity contribution in [2.24, 2.45) is 0 Å². The molecule has 0 spiro atoms. The number of aromatic amines is 1. The third kappa shape index (κ3) is 7.36. The van der Waals surface area contributed by atoms with Gasteiger partial charge in [0.15, 0.2) is 0 Å². The Morgan fingerprint density at radius 3 is 2.57 bits per heavy atom. The predicted molar refractivity (Wildman–Crippen MR) is 75.4 cm³/mol. The molecule has 1 heterocycles. The molecule has 0 aliphatic carbocycles. The fourth-order valence-electron chi connectivity index (χ4n) is 1.22. The number of nitrogens with one attached hydrogen (secondary N) is 2. The first-order valence-electron chi connectivity index (χ1n) is 6.22. The lowest BCUT2D eigenvalue weighted by atomic mass is 10.2. The van der Waals surface area contributed by atoms with Crippen LogP contribution in [0.2, 0.25) is 0 Å². The molecule has 1 aromatic carbocycles. The van der Waals surface area contributed by atoms with Gasteiger partial charge in [-0.3, -0.25) is 4.79 Å². The maximum Gasteiger partial charge on any atom is 0.408 e. The van der Waals surface area contributed by atoms with Gasteiger partial charge in [-0.2, -0.15) is 0 Å². The molecule has 7 heteroatoms. The Balaban J connectivity index is 0.000000369. The second-order valence-electron chi connectivity index (χ2n) is 4.03. The number of hydrogen-bond acceptors (Lipinski definition) is 4. The number of amides is 1. The molecule has 7 nitrogen and oxygen atoms in total. The summed E-state index contributed by atoms with van der Waals surface area (Å²) in [6.45, 7) is 1.49. The molecule has 2 rings (SSSR count). The lowest BCUT2D eigenvalue weighted by molar-refractivity contribution is -0.138. The Morgan fingerprint density at radius 2 is 2.10 bits per heavy atom. The van der Waals surface area contributed by atoms with Crippen molar-refractivity contribution >= 4 is 12.1 Å². The largest absolute Gasteiger partial charge is 0.480 e. The topological polar surface area (TPSA) is 104 Å². The summed E-state index contributed by atoms with van der Waals surface area (Å²) in [6.07, 6.45) is 4.35. The van der Waals surface area contributed by atoms with Gasteiger partial charge in [-0.15, -0.1) is 0 Å². The number of benzene rings is 1. The van der Waals surface area contributed by atoms with Gasteiger partial charge in [0.1, 0.15) is 12.6 Å². The van der Waals surface area contributed by atoms with Crippen molar-refractivity contribution in [2.45, 2.75) is 19.6 Å². The van der Waals surface area contributed by atoms with E-state index in [0.717, 1.165) is 5.56 Å². The molecule has 112 valence electrons. The van der Waals surface area contributed by atoms with Gasteiger partial charge < -0.3 is 20.1 Å². The van der Waals surface area contributed by atoms with E-state index in [4.69, 9.17) is 9.84 Å². The van der Waals surface area contributed by atoms with Crippen LogP contribution in [0.1, 0.15) is 12.5 Å². The summed E-state index contributed by atoms with van der Waals surface area (Å²) in [5.41, 5.74) is 0.848. The van der Waals surface area contributed by atoms with E-state index in [2.05, 4.69) is 15.3 Å². The monoisotopic (exact) mass is 291 g/mol. The van der Waals surface area contributed by atoms with Crippen molar-refractivity contribution in [3.63, 3.8) is 0 Å². The average Bonchev–Trinajstić information content (AvgIpc) is 3.05. The molecular formula is C14H17N3O4. The first kappa shape index (κ1) is 16.2. The molecule has 1 atom stereocenters. The molecule has 21 heavy (non-hydrogen) atoms. The number of hydrogen-bond donors (Lipinski definition) is 3. The zero-order valence-electron chi connectivity index (χ0n) is 11.5. The molecule has 2 aromatic rings. The van der Waals surface area contributed by atoms with Gasteiger partial charge in [-0.1, -0.05) is 30.3 Å². The molecule has 0 aliphatic heterocycles. The molecular weight excluding hydrogens is 274 g/mol. The summed E-state index contributed by atoms with van der Waals surface area (Å²) in [4.78, 5) is 28.0. The minimum atomic E-state index is -1.10. The molecule has 0 fully saturated rings. The van der Waals surface area contributed by atoms with E-state index < -0.39 is 18.1 Å². The molecule has 3 N–H and O–H groups in total. The summed E-state index contributed by atoms with van der Waals surface area (Å²) in [5, 5.41) is 10.7. The highest BCUT2D eigenvalue weighted by Gasteiger charge is 2.14. The van der Waals surface area contributed by atoms with Crippen LogP contribution in [-0.4, -0.2) is 33.2 Å². The van der Waals surface area contributed by atoms with Gasteiger partial charge in [-0.05, 0) is 12.5 Å². The Bertz CT molecular complexity index is 511. The number of alkyl carbamates (subject to hydrolysis) is 1. The van der Waals surface area contributed by atoms with E-state index in [0.29, 0.717) is 0 Å². The van der Waals surface area contributed by atoms with Gasteiger partial charge >= 0.3 is 12.1 Å². The van der Waals surface area contributed by atoms with Crippen LogP contribution in [0.4, 0.5) is 4.79 Å². The number of carbonyl (C=O) groups excluding carboxylic acids is 1. The molecule has 0 aliphatic rings. The number of H-pyrrole nitrogens is 1. The van der Waals surface area contributed by atoms with Crippen LogP contribution in [0.15, 0.2) is 49.1 Å². The first-order chi connectivity index (χ1) is 10.1. The Hall–Kier alpha value is -2.83. The van der Waals surface area contributed by atoms with E-state index >= 15 is 0 Å². The molecule has 1 aromatic heterocycles. The number of aromatic nitrogens is 2. The smallest absolute Gasteiger partial charge is 0.408 e. The Kier molecular flexibility index (Phi) is 7.06. The fraction of sp³-hybridized carbons (Fsp3) is 0.214. The first-order valence-corrected chi connectivity index (χ1v) is 6.22. The Morgan fingerprint density at radius 1 is 1.38 bits per heavy atom. The summed E-state index contributed by atoms with van der Waals surface area (Å²) in [7, 11) is 0. The minimum Gasteiger partial charge on any atom is -0.480 e. The van der Waals surface area contributed by atoms with Crippen molar-refractivity contribution in [1.82, 2.24) is 15.3 Å². The quantitative estimate of drug-likeness (QED) is 0.796. The van der Waals surface area contributed by atoms with Crippen LogP contribution < -0.4 is 5.32 Å². The van der Waals surface area contributed by atoms with Gasteiger partial charge in [0.05, 0.1) is 6.33 Å². The number of carboxylic acids is 1. The summed E-state index contributed by atoms with van der Waals surface area (Å²) in [5.74, 6) is -1.10. The summed E-state index contributed by atoms with van der Waals surface area (Å²) >= 11 is 0. The van der Waals surface area contributed by atoms with Crippen LogP contribution in [-0.2, 0) is 16.1 Å². The number of nitrogens with zero attached hydrogens (tertiary/aromatic N) is 1. The van der Waals surface area contributed by atoms with Crippen molar-refractivity contribution in [3.05, 3.63) is 54.6 Å². The lowest BCUT2D eigenvalue weighted by Crippen LogP contribution is -2.38. The number of ether oxygens (including phenoxy) is 1. The van der Waals surface area contributed by atoms with E-state index in [1.54, 1.807) is 18.7 Å². The van der Waals surface area contributed by atoms with E-state index in [1.807, 2.05) is 30.3 Å². The van der Waals surface area contributed by atoms with E-state index in [9.17, 15) is 9.59 Å². The van der Waals surface area contributed by atoms with E-state index in [1.165, 1.54) is 6.92 Å². The zero-order chi connectivity index (χ0) is 15.5. The van der Waals surface area contributed by atoms with Crippen molar-refractivity contribution in [3.8, 4) is 0 Å². The fourth-order valence-corrected chi connectivity index (χ4v) is 1.22. The van der Waals surface area contributed by atoms with Crippen LogP contribution >= 0.6 is 0 Å². The van der Waals surface area contributed by atoms with E-state index in [-0.39, 0.29) is 6.61 Å². The highest BCUT2D eigenvalue weighted by molar-refractivity contribution is 5.79. The molecule has 0 radical (unpaired) electrons. The van der Waals surface area contributed by atoms with Crippen LogP contribution in [0.5, 0.6) is 0 Å². The zero-order valence-corrected chi connectivity index (χ0v) is 11.5. The SMILES string of the molecule is C[C@@H](NC(=O)OCc1ccccc1)C(=O)O.c1c[nH]cn1. The maximum atomic E-state index is 11.1. The lowest BCUT2D eigenvalue weighted by Gasteiger charge is -2.09. The van der Waals surface area contributed by atoms with Crippen LogP contribution in [0.3, 0.4) is 0 Å². The number of aliphatic carboxylic acids is 1. The Labute approximate surface area is 122 Å². The summed E-state index contributed by atoms with van der Waals surface area (Å²) < 4.78 is 4.84. The third-order valence-electron chi connectivity index (χ3n) is 2.32. The van der Waals surface area contributed by atoms with Crippen molar-refractivity contribution < 1.29 is 19.4 Å². The predicted octanol–water partition coefficient (Wildman–Crippen LogP) is 1.80. The second-order valence-corrected chi connectivity index (χ2v) is 4.03. The highest BCUT2D eigenvalue weighted by atomic mass is 16.5. The van der Waals surface area contributed by atoms with Gasteiger partial charge in [0.2, 0.25) is 0 Å². The highest BCUT2D eigenvalue weighted by Crippen LogP contribution is 2.00. The van der Waals surface area contributed by atoms with Crippen LogP contribution in [0, 0.1) is 0 Å². The van der Waals surface area contributed by atoms with Gasteiger partial charge in [0, 0.05) is 12.4 Å². The number of carboxylic acid groups (broad SMARTS) is 1. The minimum absolute atomic E-state index is 0.124. The molecule has 0 bridgehead atoms. The summed E-state index contributed by atoms with van der Waals surface area (Å²) in [6, 6.07) is 8.19. The number of carbonyl (C=O) groups is 2. The van der Waals surface area contributed by atoms with Crippen molar-refractivity contribution in [1.29, 1.82) is 0 Å². The molecule has 0 saturated carbocycles. The molecule has 1 amide bonds. The normalized spacial score (nSPS) is 10.7. The number of imidazole rings is 1. The second kappa shape index (κ2) is 9.13. The van der Waals surface area contributed by atoms with Crippen molar-refractivity contribution in [2.75, 3.05) is 0 Å². The standard InChI is InChI=1S/C11H13NO4.C3H4N2/c1-8(10(13)14)12-11(15)16-7-9-5-3-2-4-6-9;1-2-5-3-4-1/h2-6,8H,7H2,1H3,(H,12,15)(H,13,14);1-3H,(H,4,5)/t8-;/m1./s1. The number of rotatable bonds is 4. The van der Waals surface area contributed by atoms with Gasteiger partial charge in [-0.25, -0.2) is 9.78 Å². The molecule has 0 unspecified atom stereocenters. The average molecular weight is 291 g/mol. The van der Waals surface area contributed by atoms with Crippen LogP contribution in [0.25, 0.3) is 0 Å². The van der Waals surface area contributed by atoms with Gasteiger partial charge in [0.25, 0.3) is 0 Å². The maximum absolute atomic E-state index is 11.1.